The summed E-state index contributed by atoms with van der Waals surface area (Å²) in [5.41, 5.74) is 1.75. The van der Waals surface area contributed by atoms with Crippen molar-refractivity contribution >= 4 is 16.9 Å². The van der Waals surface area contributed by atoms with E-state index in [0.29, 0.717) is 5.75 Å². The van der Waals surface area contributed by atoms with Crippen molar-refractivity contribution < 1.29 is 14.3 Å². The smallest absolute Gasteiger partial charge is 0.311 e. The molecule has 1 heterocycles. The molecule has 0 saturated heterocycles. The Kier molecular flexibility index (Phi) is 4.00. The van der Waals surface area contributed by atoms with Gasteiger partial charge in [0.1, 0.15) is 17.9 Å². The van der Waals surface area contributed by atoms with Crippen LogP contribution in [0.25, 0.3) is 10.9 Å². The largest absolute Gasteiger partial charge is 0.490 e. The van der Waals surface area contributed by atoms with Gasteiger partial charge in [-0.3, -0.25) is 4.79 Å². The summed E-state index contributed by atoms with van der Waals surface area (Å²) >= 11 is 0. The van der Waals surface area contributed by atoms with Crippen molar-refractivity contribution in [1.29, 1.82) is 0 Å². The Labute approximate surface area is 112 Å². The van der Waals surface area contributed by atoms with Gasteiger partial charge in [0.2, 0.25) is 0 Å². The molecule has 0 N–H and O–H groups in total. The van der Waals surface area contributed by atoms with E-state index < -0.39 is 0 Å². The number of esters is 1. The zero-order chi connectivity index (χ0) is 13.8. The van der Waals surface area contributed by atoms with Gasteiger partial charge in [-0.2, -0.15) is 0 Å². The predicted molar refractivity (Wildman–Crippen MR) is 73.2 cm³/mol. The molecule has 19 heavy (non-hydrogen) atoms. The van der Waals surface area contributed by atoms with E-state index >= 15 is 0 Å². The van der Waals surface area contributed by atoms with Crippen molar-refractivity contribution in [2.24, 2.45) is 5.92 Å². The molecule has 0 aliphatic rings. The van der Waals surface area contributed by atoms with E-state index in [1.807, 2.05) is 37.3 Å². The van der Waals surface area contributed by atoms with Crippen LogP contribution in [0.4, 0.5) is 0 Å². The third-order valence-corrected chi connectivity index (χ3v) is 2.91. The lowest BCUT2D eigenvalue weighted by Gasteiger charge is -2.12. The molecule has 0 bridgehead atoms. The van der Waals surface area contributed by atoms with Gasteiger partial charge >= 0.3 is 5.97 Å². The summed E-state index contributed by atoms with van der Waals surface area (Å²) in [5.74, 6) is 0.117. The van der Waals surface area contributed by atoms with Gasteiger partial charge in [0.15, 0.2) is 0 Å². The molecule has 1 atom stereocenters. The van der Waals surface area contributed by atoms with E-state index in [-0.39, 0.29) is 18.5 Å². The number of hydrogen-bond acceptors (Lipinski definition) is 4. The number of aromatic nitrogens is 1. The lowest BCUT2D eigenvalue weighted by molar-refractivity contribution is -0.145. The van der Waals surface area contributed by atoms with Crippen LogP contribution in [-0.4, -0.2) is 24.7 Å². The number of carbonyl (C=O) groups excluding carboxylic acids is 1. The van der Waals surface area contributed by atoms with Gasteiger partial charge in [0.05, 0.1) is 13.0 Å². The zero-order valence-corrected chi connectivity index (χ0v) is 11.3. The van der Waals surface area contributed by atoms with Crippen LogP contribution in [0, 0.1) is 12.8 Å². The van der Waals surface area contributed by atoms with Crippen LogP contribution in [0.5, 0.6) is 5.75 Å². The Hall–Kier alpha value is -2.10. The average molecular weight is 259 g/mol. The zero-order valence-electron chi connectivity index (χ0n) is 11.3. The summed E-state index contributed by atoms with van der Waals surface area (Å²) < 4.78 is 10.4. The maximum Gasteiger partial charge on any atom is 0.311 e. The van der Waals surface area contributed by atoms with E-state index in [4.69, 9.17) is 4.74 Å². The quantitative estimate of drug-likeness (QED) is 0.792. The van der Waals surface area contributed by atoms with E-state index in [9.17, 15) is 4.79 Å². The molecule has 4 heteroatoms. The first-order valence-electron chi connectivity index (χ1n) is 6.19. The Bertz CT molecular complexity index is 595. The van der Waals surface area contributed by atoms with Crippen LogP contribution in [0.1, 0.15) is 12.6 Å². The summed E-state index contributed by atoms with van der Waals surface area (Å²) in [7, 11) is 1.38. The molecule has 4 nitrogen and oxygen atoms in total. The highest BCUT2D eigenvalue weighted by atomic mass is 16.5. The van der Waals surface area contributed by atoms with Gasteiger partial charge in [-0.05, 0) is 26.0 Å². The van der Waals surface area contributed by atoms with Gasteiger partial charge in [0, 0.05) is 11.1 Å². The molecule has 2 rings (SSSR count). The molecular formula is C15H17NO3. The van der Waals surface area contributed by atoms with E-state index in [2.05, 4.69) is 9.72 Å². The van der Waals surface area contributed by atoms with Gasteiger partial charge < -0.3 is 9.47 Å². The number of nitrogens with zero attached hydrogens (tertiary/aromatic N) is 1. The van der Waals surface area contributed by atoms with Crippen LogP contribution in [-0.2, 0) is 9.53 Å². The fourth-order valence-corrected chi connectivity index (χ4v) is 1.82. The number of para-hydroxylation sites is 1. The summed E-state index contributed by atoms with van der Waals surface area (Å²) in [6.45, 7) is 3.99. The van der Waals surface area contributed by atoms with E-state index in [1.165, 1.54) is 7.11 Å². The first-order chi connectivity index (χ1) is 9.11. The minimum absolute atomic E-state index is 0.274. The maximum absolute atomic E-state index is 11.3. The number of rotatable bonds is 4. The second kappa shape index (κ2) is 5.69. The molecule has 0 radical (unpaired) electrons. The second-order valence-electron chi connectivity index (χ2n) is 4.52. The summed E-state index contributed by atoms with van der Waals surface area (Å²) in [4.78, 5) is 15.8. The Morgan fingerprint density at radius 2 is 2.11 bits per heavy atom. The summed E-state index contributed by atoms with van der Waals surface area (Å²) in [5, 5.41) is 1.02. The predicted octanol–water partition coefficient (Wildman–Crippen LogP) is 2.73. The monoisotopic (exact) mass is 259 g/mol. The fraction of sp³-hybridized carbons (Fsp3) is 0.333. The maximum atomic E-state index is 11.3. The number of benzene rings is 1. The standard InChI is InChI=1S/C15H17NO3/c1-10(15(17)18-3)9-19-13-6-4-5-12-8-7-11(2)16-14(12)13/h4-8,10H,9H2,1-3H3. The molecule has 0 fully saturated rings. The van der Waals surface area contributed by atoms with Crippen LogP contribution >= 0.6 is 0 Å². The molecule has 2 aromatic rings. The minimum Gasteiger partial charge on any atom is -0.490 e. The van der Waals surface area contributed by atoms with Crippen molar-refractivity contribution in [3.8, 4) is 5.75 Å². The molecule has 0 amide bonds. The Balaban J connectivity index is 2.21. The van der Waals surface area contributed by atoms with Crippen molar-refractivity contribution in [2.75, 3.05) is 13.7 Å². The summed E-state index contributed by atoms with van der Waals surface area (Å²) in [6.07, 6.45) is 0. The minimum atomic E-state index is -0.301. The van der Waals surface area contributed by atoms with Crippen molar-refractivity contribution in [1.82, 2.24) is 4.98 Å². The molecule has 100 valence electrons. The van der Waals surface area contributed by atoms with Crippen molar-refractivity contribution in [3.05, 3.63) is 36.0 Å². The molecule has 0 aliphatic carbocycles. The lowest BCUT2D eigenvalue weighted by Crippen LogP contribution is -2.20. The lowest BCUT2D eigenvalue weighted by atomic mass is 10.2. The SMILES string of the molecule is COC(=O)C(C)COc1cccc2ccc(C)nc12. The van der Waals surface area contributed by atoms with Gasteiger partial charge in [-0.1, -0.05) is 18.2 Å². The number of aryl methyl sites for hydroxylation is 1. The van der Waals surface area contributed by atoms with Crippen LogP contribution < -0.4 is 4.74 Å². The van der Waals surface area contributed by atoms with Gasteiger partial charge in [-0.25, -0.2) is 4.98 Å². The number of methoxy groups -OCH3 is 1. The van der Waals surface area contributed by atoms with Gasteiger partial charge in [0.25, 0.3) is 0 Å². The van der Waals surface area contributed by atoms with Crippen LogP contribution in [0.15, 0.2) is 30.3 Å². The highest BCUT2D eigenvalue weighted by molar-refractivity contribution is 5.84. The van der Waals surface area contributed by atoms with E-state index in [1.54, 1.807) is 6.92 Å². The van der Waals surface area contributed by atoms with Crippen LogP contribution in [0.3, 0.4) is 0 Å². The molecule has 0 aliphatic heterocycles. The molecule has 1 aromatic heterocycles. The number of pyridine rings is 1. The number of fused-ring (bicyclic) bond motifs is 1. The normalized spacial score (nSPS) is 12.2. The topological polar surface area (TPSA) is 48.4 Å². The molecule has 0 spiro atoms. The highest BCUT2D eigenvalue weighted by Crippen LogP contribution is 2.24. The molecule has 1 unspecified atom stereocenters. The highest BCUT2D eigenvalue weighted by Gasteiger charge is 2.14. The fourth-order valence-electron chi connectivity index (χ4n) is 1.82. The Morgan fingerprint density at radius 1 is 1.32 bits per heavy atom. The third-order valence-electron chi connectivity index (χ3n) is 2.91. The third kappa shape index (κ3) is 3.02. The van der Waals surface area contributed by atoms with E-state index in [0.717, 1.165) is 16.6 Å². The average Bonchev–Trinajstić information content (AvgIpc) is 2.43. The molecular weight excluding hydrogens is 242 g/mol. The number of hydrogen-bond donors (Lipinski definition) is 0. The Morgan fingerprint density at radius 3 is 2.84 bits per heavy atom. The first kappa shape index (κ1) is 13.3. The summed E-state index contributed by atoms with van der Waals surface area (Å²) in [6, 6.07) is 9.73. The van der Waals surface area contributed by atoms with Crippen molar-refractivity contribution in [2.45, 2.75) is 13.8 Å². The second-order valence-corrected chi connectivity index (χ2v) is 4.52. The van der Waals surface area contributed by atoms with Crippen LogP contribution in [0.2, 0.25) is 0 Å². The molecule has 0 saturated carbocycles. The number of ether oxygens (including phenoxy) is 2. The first-order valence-corrected chi connectivity index (χ1v) is 6.19. The van der Waals surface area contributed by atoms with Crippen molar-refractivity contribution in [3.63, 3.8) is 0 Å². The van der Waals surface area contributed by atoms with Gasteiger partial charge in [-0.15, -0.1) is 0 Å². The molecule has 1 aromatic carbocycles. The number of carbonyl (C=O) groups is 1.